The van der Waals surface area contributed by atoms with Gasteiger partial charge in [-0.2, -0.15) is 26.3 Å². The lowest BCUT2D eigenvalue weighted by Crippen LogP contribution is -2.41. The maximum atomic E-state index is 13.0. The highest BCUT2D eigenvalue weighted by Crippen LogP contribution is 2.45. The summed E-state index contributed by atoms with van der Waals surface area (Å²) >= 11 is 6.10. The van der Waals surface area contributed by atoms with E-state index in [1.165, 1.54) is 15.9 Å². The molecule has 494 valence electrons. The van der Waals surface area contributed by atoms with E-state index in [0.29, 0.717) is 113 Å². The van der Waals surface area contributed by atoms with Gasteiger partial charge in [0.25, 0.3) is 0 Å². The topological polar surface area (TPSA) is 226 Å². The van der Waals surface area contributed by atoms with Crippen molar-refractivity contribution in [3.8, 4) is 11.1 Å². The van der Waals surface area contributed by atoms with Crippen LogP contribution in [-0.4, -0.2) is 168 Å². The standard InChI is InChI=1S/C27H34F3N5O4S.C20H28BF3N2O3.C13H18ClN3O3S/c1-18-3-4-21(31-25(36)35-8-5-19(17-35)16-27(28,29)30)15-22(18)20-13-23(33-40(37,38)26(2)6-7-26)32-24(14-20)34-9-11-39-12-10-34;1-13-6-7-15(10-16(13)21-28-18(2,3)19(4,5)29-21)25-17(27)26-9-8-14(12-26)11-20(22,23)24;1-13(2-3-13)21(18,19)16-11-8-10(14)9-12(15-11)17-4-6-20-7-5-17/h3-4,13-15,19H,5-12,16-17H2,1-2H3,(H,31,36)(H,32,33);6-7,10,14H,8-9,11-12H2,1-5H3,(H,25,27);8-9H,2-7H2,1H3,(H,15,16)/t19-;14-;/m00./s1. The van der Waals surface area contributed by atoms with Crippen molar-refractivity contribution in [3.63, 3.8) is 0 Å². The van der Waals surface area contributed by atoms with Crippen LogP contribution in [0.25, 0.3) is 11.1 Å². The molecule has 2 saturated carbocycles. The zero-order valence-corrected chi connectivity index (χ0v) is 54.3. The second-order valence-electron chi connectivity index (χ2n) is 25.8. The van der Waals surface area contributed by atoms with Crippen molar-refractivity contribution in [2.45, 2.75) is 140 Å². The first-order chi connectivity index (χ1) is 42.0. The zero-order chi connectivity index (χ0) is 65.4. The fraction of sp³-hybridized carbons (Fsp3) is 0.600. The number of nitrogens with one attached hydrogen (secondary N) is 4. The molecule has 7 fully saturated rings. The van der Waals surface area contributed by atoms with Crippen molar-refractivity contribution in [1.29, 1.82) is 0 Å². The number of hydrogen-bond donors (Lipinski definition) is 4. The van der Waals surface area contributed by atoms with Crippen LogP contribution in [0.4, 0.5) is 70.6 Å². The number of pyridine rings is 2. The summed E-state index contributed by atoms with van der Waals surface area (Å²) in [6.07, 6.45) is -7.00. The van der Waals surface area contributed by atoms with E-state index in [0.717, 1.165) is 40.8 Å². The maximum absolute atomic E-state index is 13.0. The van der Waals surface area contributed by atoms with Gasteiger partial charge >= 0.3 is 31.5 Å². The van der Waals surface area contributed by atoms with Crippen LogP contribution in [0, 0.1) is 25.7 Å². The molecule has 2 aliphatic carbocycles. The first-order valence-electron chi connectivity index (χ1n) is 30.2. The quantitative estimate of drug-likeness (QED) is 0.0681. The number of amides is 4. The number of ether oxygens (including phenoxy) is 2. The predicted molar refractivity (Wildman–Crippen MR) is 336 cm³/mol. The molecule has 4 aromatic rings. The first-order valence-corrected chi connectivity index (χ1v) is 33.6. The third kappa shape index (κ3) is 17.2. The summed E-state index contributed by atoms with van der Waals surface area (Å²) in [7, 11) is -7.61. The second-order valence-corrected chi connectivity index (χ2v) is 30.7. The summed E-state index contributed by atoms with van der Waals surface area (Å²) in [6.45, 7) is 20.9. The fourth-order valence-electron chi connectivity index (χ4n) is 11.0. The molecule has 0 spiro atoms. The molecule has 20 nitrogen and oxygen atoms in total. The average Bonchev–Trinajstić information content (AvgIpc) is 1.74. The van der Waals surface area contributed by atoms with Gasteiger partial charge in [0, 0.05) is 87.7 Å². The summed E-state index contributed by atoms with van der Waals surface area (Å²) in [4.78, 5) is 41.3. The summed E-state index contributed by atoms with van der Waals surface area (Å²) in [5, 5.41) is 6.07. The zero-order valence-electron chi connectivity index (χ0n) is 51.9. The monoisotopic (exact) mass is 1320 g/mol. The van der Waals surface area contributed by atoms with Crippen LogP contribution in [0.3, 0.4) is 0 Å². The number of benzene rings is 2. The number of rotatable bonds is 14. The number of aromatic nitrogens is 2. The van der Waals surface area contributed by atoms with Crippen molar-refractivity contribution < 1.29 is 71.5 Å². The average molecular weight is 1330 g/mol. The van der Waals surface area contributed by atoms with Gasteiger partial charge in [0.2, 0.25) is 20.0 Å². The fourth-order valence-corrected chi connectivity index (χ4v) is 13.7. The Kier molecular flexibility index (Phi) is 20.3. The van der Waals surface area contributed by atoms with Crippen LogP contribution in [0.2, 0.25) is 5.02 Å². The summed E-state index contributed by atoms with van der Waals surface area (Å²) in [6, 6.07) is 16.8. The summed E-state index contributed by atoms with van der Waals surface area (Å²) < 4.78 is 153. The Morgan fingerprint density at radius 2 is 1.02 bits per heavy atom. The SMILES string of the molecule is CC1(S(=O)(=O)Nc2cc(Cl)cc(N3CCOCC3)n2)CC1.Cc1ccc(NC(=O)N2CC[C@@H](CC(F)(F)F)C2)cc1-c1cc(NS(=O)(=O)C2(C)CC2)nc(N2CCOCC2)c1.Cc1ccc(NC(=O)N2CC[C@@H](CC(F)(F)F)C2)cc1B1OC(C)(C)C(C)(C)O1. The number of sulfonamides is 2. The molecule has 11 rings (SSSR count). The van der Waals surface area contributed by atoms with Crippen LogP contribution in [0.1, 0.15) is 104 Å². The molecule has 4 N–H and O–H groups in total. The van der Waals surface area contributed by atoms with Gasteiger partial charge in [-0.05, 0) is 170 Å². The van der Waals surface area contributed by atoms with Crippen LogP contribution in [0.5, 0.6) is 0 Å². The molecular formula is C60H80BClF6N10O10S2. The molecule has 7 aliphatic rings. The molecule has 0 bridgehead atoms. The van der Waals surface area contributed by atoms with Crippen molar-refractivity contribution in [2.75, 3.05) is 109 Å². The van der Waals surface area contributed by atoms with Crippen LogP contribution < -0.4 is 35.3 Å². The molecule has 5 saturated heterocycles. The minimum Gasteiger partial charge on any atom is -0.399 e. The third-order valence-electron chi connectivity index (χ3n) is 18.0. The lowest BCUT2D eigenvalue weighted by molar-refractivity contribution is -0.144. The smallest absolute Gasteiger partial charge is 0.399 e. The number of alkyl halides is 6. The van der Waals surface area contributed by atoms with Gasteiger partial charge in [0.05, 0.1) is 47.1 Å². The number of nitrogens with zero attached hydrogens (tertiary/aromatic N) is 6. The highest BCUT2D eigenvalue weighted by atomic mass is 35.5. The van der Waals surface area contributed by atoms with Gasteiger partial charge in [-0.3, -0.25) is 9.44 Å². The normalized spacial score (nSPS) is 21.8. The Hall–Kier alpha value is -5.85. The molecular weight excluding hydrogens is 1250 g/mol. The summed E-state index contributed by atoms with van der Waals surface area (Å²) in [5.74, 6) is 0.630. The van der Waals surface area contributed by atoms with Gasteiger partial charge in [0.15, 0.2) is 0 Å². The van der Waals surface area contributed by atoms with Crippen molar-refractivity contribution in [1.82, 2.24) is 19.8 Å². The minimum atomic E-state index is -4.25. The van der Waals surface area contributed by atoms with Gasteiger partial charge in [-0.15, -0.1) is 0 Å². The van der Waals surface area contributed by atoms with Gasteiger partial charge in [-0.25, -0.2) is 36.4 Å². The largest absolute Gasteiger partial charge is 0.495 e. The first kappa shape index (κ1) is 68.5. The van der Waals surface area contributed by atoms with Gasteiger partial charge in [0.1, 0.15) is 23.3 Å². The summed E-state index contributed by atoms with van der Waals surface area (Å²) in [5.41, 5.74) is 4.25. The van der Waals surface area contributed by atoms with E-state index in [4.69, 9.17) is 30.4 Å². The lowest BCUT2D eigenvalue weighted by Gasteiger charge is -2.32. The van der Waals surface area contributed by atoms with Gasteiger partial charge in [-0.1, -0.05) is 29.3 Å². The second kappa shape index (κ2) is 26.6. The number of carbonyl (C=O) groups is 2. The molecule has 2 aromatic carbocycles. The number of carbonyl (C=O) groups excluding carboxylic acids is 2. The minimum absolute atomic E-state index is 0.0553. The number of aryl methyl sites for hydroxylation is 2. The number of urea groups is 2. The number of morpholine rings is 2. The Bertz CT molecular complexity index is 3480. The molecule has 90 heavy (non-hydrogen) atoms. The predicted octanol–water partition coefficient (Wildman–Crippen LogP) is 11.0. The van der Waals surface area contributed by atoms with Gasteiger partial charge < -0.3 is 49.0 Å². The Labute approximate surface area is 528 Å². The van der Waals surface area contributed by atoms with E-state index in [1.54, 1.807) is 50.2 Å². The highest BCUT2D eigenvalue weighted by molar-refractivity contribution is 7.94. The van der Waals surface area contributed by atoms with E-state index in [2.05, 4.69) is 30.0 Å². The Morgan fingerprint density at radius 3 is 1.47 bits per heavy atom. The van der Waals surface area contributed by atoms with E-state index in [-0.39, 0.29) is 31.3 Å². The van der Waals surface area contributed by atoms with E-state index in [9.17, 15) is 52.8 Å². The van der Waals surface area contributed by atoms with Crippen molar-refractivity contribution in [3.05, 3.63) is 76.8 Å². The lowest BCUT2D eigenvalue weighted by atomic mass is 9.76. The molecule has 0 radical (unpaired) electrons. The molecule has 2 aromatic heterocycles. The Morgan fingerprint density at radius 1 is 0.600 bits per heavy atom. The third-order valence-corrected chi connectivity index (χ3v) is 22.6. The van der Waals surface area contributed by atoms with Crippen molar-refractivity contribution in [2.24, 2.45) is 11.8 Å². The Balaban J connectivity index is 0.000000169. The highest BCUT2D eigenvalue weighted by Gasteiger charge is 2.53. The van der Waals surface area contributed by atoms with E-state index < -0.39 is 97.0 Å². The maximum Gasteiger partial charge on any atom is 0.495 e. The van der Waals surface area contributed by atoms with Crippen LogP contribution in [-0.2, 0) is 38.8 Å². The van der Waals surface area contributed by atoms with E-state index in [1.807, 2.05) is 69.5 Å². The molecule has 30 heteroatoms. The van der Waals surface area contributed by atoms with Crippen LogP contribution in [0.15, 0.2) is 60.7 Å². The molecule has 0 unspecified atom stereocenters. The number of halogens is 7. The number of hydrogen-bond acceptors (Lipinski definition) is 14. The molecule has 2 atom stereocenters. The number of anilines is 6. The molecule has 4 amide bonds. The van der Waals surface area contributed by atoms with Crippen LogP contribution >= 0.6 is 11.6 Å². The molecule has 7 heterocycles. The molecule has 5 aliphatic heterocycles. The number of likely N-dealkylation sites (tertiary alicyclic amines) is 2. The van der Waals surface area contributed by atoms with Crippen molar-refractivity contribution >= 4 is 90.9 Å². The van der Waals surface area contributed by atoms with E-state index >= 15 is 0 Å².